The van der Waals surface area contributed by atoms with Crippen LogP contribution in [0.2, 0.25) is 0 Å². The second kappa shape index (κ2) is 11.7. The van der Waals surface area contributed by atoms with Gasteiger partial charge in [-0.05, 0) is 36.2 Å². The lowest BCUT2D eigenvalue weighted by Crippen LogP contribution is -2.48. The summed E-state index contributed by atoms with van der Waals surface area (Å²) >= 11 is 0. The van der Waals surface area contributed by atoms with Crippen molar-refractivity contribution in [1.29, 1.82) is 0 Å². The maximum absolute atomic E-state index is 13.4. The Morgan fingerprint density at radius 3 is 2.64 bits per heavy atom. The predicted molar refractivity (Wildman–Crippen MR) is 129 cm³/mol. The van der Waals surface area contributed by atoms with Crippen molar-refractivity contribution in [2.75, 3.05) is 59.7 Å². The van der Waals surface area contributed by atoms with Gasteiger partial charge >= 0.3 is 6.03 Å². The highest BCUT2D eigenvalue weighted by Crippen LogP contribution is 2.20. The van der Waals surface area contributed by atoms with E-state index in [-0.39, 0.29) is 31.7 Å². The molecule has 0 aliphatic carbocycles. The number of rotatable bonds is 10. The largest absolute Gasteiger partial charge is 0.494 e. The van der Waals surface area contributed by atoms with Crippen LogP contribution in [0, 0.1) is 5.82 Å². The summed E-state index contributed by atoms with van der Waals surface area (Å²) in [6.07, 6.45) is 0.553. The van der Waals surface area contributed by atoms with Crippen LogP contribution >= 0.6 is 0 Å². The first kappa shape index (κ1) is 25.9. The Labute approximate surface area is 209 Å². The van der Waals surface area contributed by atoms with Gasteiger partial charge in [0.1, 0.15) is 36.1 Å². The average molecular weight is 502 g/mol. The topological polar surface area (TPSA) is 91.8 Å². The molecule has 1 atom stereocenters. The van der Waals surface area contributed by atoms with Crippen LogP contribution in [0.3, 0.4) is 0 Å². The molecule has 2 aliphatic heterocycles. The molecule has 0 saturated carbocycles. The molecule has 2 aliphatic rings. The van der Waals surface area contributed by atoms with Crippen molar-refractivity contribution in [3.63, 3.8) is 0 Å². The van der Waals surface area contributed by atoms with E-state index in [0.717, 1.165) is 5.56 Å². The van der Waals surface area contributed by atoms with E-state index in [1.807, 2.05) is 24.3 Å². The molecule has 0 bridgehead atoms. The van der Waals surface area contributed by atoms with E-state index in [9.17, 15) is 19.1 Å². The number of benzene rings is 2. The maximum atomic E-state index is 13.4. The standard InChI is InChI=1S/C26H32FN3O6/c1-28-16-24(31)30(25(28)32)10-3-12-35-22-8-6-20(7-9-22)15-29-11-13-34-18-26(33,17-29)19-36-23-5-2-4-21(27)14-23/h2,4-9,14,33H,3,10-13,15-19H2,1H3. The minimum absolute atomic E-state index is 0.00928. The van der Waals surface area contributed by atoms with Crippen LogP contribution in [-0.4, -0.2) is 97.0 Å². The van der Waals surface area contributed by atoms with Gasteiger partial charge in [0.25, 0.3) is 0 Å². The lowest BCUT2D eigenvalue weighted by molar-refractivity contribution is -0.125. The highest BCUT2D eigenvalue weighted by Gasteiger charge is 2.34. The molecular formula is C26H32FN3O6. The number of imide groups is 1. The highest BCUT2D eigenvalue weighted by molar-refractivity contribution is 6.01. The van der Waals surface area contributed by atoms with Gasteiger partial charge < -0.3 is 24.2 Å². The zero-order valence-electron chi connectivity index (χ0n) is 20.4. The normalized spacial score (nSPS) is 21.1. The Morgan fingerprint density at radius 1 is 1.11 bits per heavy atom. The van der Waals surface area contributed by atoms with E-state index in [0.29, 0.717) is 57.3 Å². The van der Waals surface area contributed by atoms with Gasteiger partial charge in [0.2, 0.25) is 5.91 Å². The van der Waals surface area contributed by atoms with Crippen molar-refractivity contribution >= 4 is 11.9 Å². The van der Waals surface area contributed by atoms with Crippen molar-refractivity contribution in [2.45, 2.75) is 18.6 Å². The maximum Gasteiger partial charge on any atom is 0.326 e. The summed E-state index contributed by atoms with van der Waals surface area (Å²) < 4.78 is 30.4. The fourth-order valence-corrected chi connectivity index (χ4v) is 4.24. The van der Waals surface area contributed by atoms with Crippen LogP contribution in [0.15, 0.2) is 48.5 Å². The molecule has 10 heteroatoms. The number of aliphatic hydroxyl groups is 1. The molecule has 0 aromatic heterocycles. The fourth-order valence-electron chi connectivity index (χ4n) is 4.24. The van der Waals surface area contributed by atoms with Gasteiger partial charge in [-0.3, -0.25) is 14.6 Å². The molecule has 36 heavy (non-hydrogen) atoms. The SMILES string of the molecule is CN1CC(=O)N(CCCOc2ccc(CN3CCOCC(O)(COc4cccc(F)c4)C3)cc2)C1=O. The van der Waals surface area contributed by atoms with E-state index in [1.54, 1.807) is 19.2 Å². The van der Waals surface area contributed by atoms with Crippen molar-refractivity contribution in [2.24, 2.45) is 0 Å². The summed E-state index contributed by atoms with van der Waals surface area (Å²) in [7, 11) is 1.61. The number of urea groups is 1. The molecule has 2 aromatic carbocycles. The molecule has 194 valence electrons. The number of carbonyl (C=O) groups is 2. The van der Waals surface area contributed by atoms with Gasteiger partial charge in [0.15, 0.2) is 0 Å². The molecule has 0 radical (unpaired) electrons. The third-order valence-electron chi connectivity index (χ3n) is 6.10. The zero-order chi connectivity index (χ0) is 25.5. The molecule has 2 fully saturated rings. The van der Waals surface area contributed by atoms with Crippen LogP contribution < -0.4 is 9.47 Å². The number of carbonyl (C=O) groups excluding carboxylic acids is 2. The van der Waals surface area contributed by atoms with E-state index >= 15 is 0 Å². The van der Waals surface area contributed by atoms with Crippen LogP contribution in [0.25, 0.3) is 0 Å². The fraction of sp³-hybridized carbons (Fsp3) is 0.462. The van der Waals surface area contributed by atoms with Crippen molar-refractivity contribution in [3.05, 3.63) is 59.9 Å². The molecule has 1 N–H and O–H groups in total. The number of likely N-dealkylation sites (N-methyl/N-ethyl adjacent to an activating group) is 1. The number of hydrogen-bond acceptors (Lipinski definition) is 7. The Bertz CT molecular complexity index is 1050. The molecule has 0 spiro atoms. The first-order valence-electron chi connectivity index (χ1n) is 12.0. The Hall–Kier alpha value is -3.21. The molecular weight excluding hydrogens is 469 g/mol. The minimum Gasteiger partial charge on any atom is -0.494 e. The lowest BCUT2D eigenvalue weighted by Gasteiger charge is -2.30. The van der Waals surface area contributed by atoms with E-state index in [1.165, 1.54) is 21.9 Å². The second-order valence-electron chi connectivity index (χ2n) is 9.26. The number of amides is 3. The first-order valence-corrected chi connectivity index (χ1v) is 12.0. The summed E-state index contributed by atoms with van der Waals surface area (Å²) in [5.41, 5.74) is -0.173. The van der Waals surface area contributed by atoms with Crippen molar-refractivity contribution < 1.29 is 33.3 Å². The van der Waals surface area contributed by atoms with Crippen molar-refractivity contribution in [1.82, 2.24) is 14.7 Å². The number of hydrogen-bond donors (Lipinski definition) is 1. The molecule has 1 unspecified atom stereocenters. The average Bonchev–Trinajstić information content (AvgIpc) is 2.98. The van der Waals surface area contributed by atoms with Gasteiger partial charge in [-0.1, -0.05) is 18.2 Å². The van der Waals surface area contributed by atoms with E-state index < -0.39 is 11.4 Å². The van der Waals surface area contributed by atoms with E-state index in [2.05, 4.69) is 4.90 Å². The summed E-state index contributed by atoms with van der Waals surface area (Å²) in [4.78, 5) is 28.5. The smallest absolute Gasteiger partial charge is 0.326 e. The molecule has 2 saturated heterocycles. The highest BCUT2D eigenvalue weighted by atomic mass is 19.1. The van der Waals surface area contributed by atoms with Gasteiger partial charge in [-0.15, -0.1) is 0 Å². The first-order chi connectivity index (χ1) is 17.3. The Kier molecular flexibility index (Phi) is 8.40. The van der Waals surface area contributed by atoms with Gasteiger partial charge in [0, 0.05) is 39.3 Å². The Morgan fingerprint density at radius 2 is 1.92 bits per heavy atom. The van der Waals surface area contributed by atoms with Crippen LogP contribution in [0.5, 0.6) is 11.5 Å². The third kappa shape index (κ3) is 6.93. The molecule has 2 heterocycles. The summed E-state index contributed by atoms with van der Waals surface area (Å²) in [5.74, 6) is 0.489. The van der Waals surface area contributed by atoms with Crippen LogP contribution in [0.4, 0.5) is 9.18 Å². The number of nitrogens with zero attached hydrogens (tertiary/aromatic N) is 3. The number of β-amino-alcohol motifs (C(OH)–C–C–N with tert-alkyl or cyclic N) is 1. The lowest BCUT2D eigenvalue weighted by atomic mass is 10.1. The van der Waals surface area contributed by atoms with Crippen molar-refractivity contribution in [3.8, 4) is 11.5 Å². The summed E-state index contributed by atoms with van der Waals surface area (Å²) in [6.45, 7) is 3.08. The van der Waals surface area contributed by atoms with E-state index in [4.69, 9.17) is 14.2 Å². The third-order valence-corrected chi connectivity index (χ3v) is 6.10. The predicted octanol–water partition coefficient (Wildman–Crippen LogP) is 2.13. The van der Waals surface area contributed by atoms with Crippen LogP contribution in [-0.2, 0) is 16.1 Å². The summed E-state index contributed by atoms with van der Waals surface area (Å²) in [6, 6.07) is 13.2. The zero-order valence-corrected chi connectivity index (χ0v) is 20.4. The number of ether oxygens (including phenoxy) is 3. The van der Waals surface area contributed by atoms with Gasteiger partial charge in [-0.25, -0.2) is 9.18 Å². The monoisotopic (exact) mass is 501 g/mol. The molecule has 9 nitrogen and oxygen atoms in total. The van der Waals surface area contributed by atoms with Crippen LogP contribution in [0.1, 0.15) is 12.0 Å². The Balaban J connectivity index is 1.23. The minimum atomic E-state index is -1.22. The van der Waals surface area contributed by atoms with Gasteiger partial charge in [-0.2, -0.15) is 0 Å². The van der Waals surface area contributed by atoms with Gasteiger partial charge in [0.05, 0.1) is 19.8 Å². The molecule has 4 rings (SSSR count). The number of halogens is 1. The second-order valence-corrected chi connectivity index (χ2v) is 9.26. The molecule has 3 amide bonds. The molecule has 2 aromatic rings. The summed E-state index contributed by atoms with van der Waals surface area (Å²) in [5, 5.41) is 11.1. The quantitative estimate of drug-likeness (QED) is 0.394.